The number of hydrogen-bond acceptors (Lipinski definition) is 4. The second kappa shape index (κ2) is 8.06. The molecule has 3 aliphatic rings. The lowest BCUT2D eigenvalue weighted by molar-refractivity contribution is 0.277. The molecule has 2 aliphatic carbocycles. The molecule has 0 amide bonds. The summed E-state index contributed by atoms with van der Waals surface area (Å²) in [6.45, 7) is 8.62. The summed E-state index contributed by atoms with van der Waals surface area (Å²) in [5.74, 6) is 1.68. The molecule has 4 nitrogen and oxygen atoms in total. The van der Waals surface area contributed by atoms with Gasteiger partial charge in [0.05, 0.1) is 0 Å². The summed E-state index contributed by atoms with van der Waals surface area (Å²) in [6.07, 6.45) is 10.6. The van der Waals surface area contributed by atoms with E-state index in [1.807, 2.05) is 6.20 Å². The molecule has 0 N–H and O–H groups in total. The van der Waals surface area contributed by atoms with Crippen LogP contribution in [-0.2, 0) is 0 Å². The fourth-order valence-corrected chi connectivity index (χ4v) is 6.44. The number of benzene rings is 2. The minimum Gasteiger partial charge on any atom is -0.371 e. The first-order valence-corrected chi connectivity index (χ1v) is 13.4. The number of aromatic nitrogens is 2. The van der Waals surface area contributed by atoms with Gasteiger partial charge in [-0.2, -0.15) is 0 Å². The van der Waals surface area contributed by atoms with Crippen LogP contribution in [0.2, 0.25) is 0 Å². The van der Waals surface area contributed by atoms with Crippen molar-refractivity contribution in [3.63, 3.8) is 0 Å². The quantitative estimate of drug-likeness (QED) is 0.302. The monoisotopic (exact) mass is 475 g/mol. The van der Waals surface area contributed by atoms with E-state index in [0.717, 1.165) is 36.7 Å². The van der Waals surface area contributed by atoms with E-state index >= 15 is 0 Å². The number of anilines is 1. The molecule has 0 atom stereocenters. The zero-order chi connectivity index (χ0) is 24.4. The lowest BCUT2D eigenvalue weighted by atomic mass is 9.63. The van der Waals surface area contributed by atoms with Crippen LogP contribution < -0.4 is 4.90 Å². The minimum atomic E-state index is 0.317. The first kappa shape index (κ1) is 21.8. The molecule has 1 aliphatic heterocycles. The van der Waals surface area contributed by atoms with Gasteiger partial charge in [-0.05, 0) is 98.6 Å². The van der Waals surface area contributed by atoms with E-state index in [-0.39, 0.29) is 0 Å². The molecule has 4 heteroatoms. The molecule has 1 spiro atoms. The van der Waals surface area contributed by atoms with Crippen LogP contribution in [-0.4, -0.2) is 23.2 Å². The van der Waals surface area contributed by atoms with E-state index in [0.29, 0.717) is 11.3 Å². The minimum absolute atomic E-state index is 0.317. The lowest BCUT2D eigenvalue weighted by Gasteiger charge is -2.47. The van der Waals surface area contributed by atoms with Gasteiger partial charge in [0.15, 0.2) is 0 Å². The molecular formula is C32H33N3O. The van der Waals surface area contributed by atoms with Gasteiger partial charge in [-0.1, -0.05) is 35.5 Å². The highest BCUT2D eigenvalue weighted by atomic mass is 16.5. The molecule has 182 valence electrons. The molecule has 0 bridgehead atoms. The van der Waals surface area contributed by atoms with E-state index in [4.69, 9.17) is 4.52 Å². The lowest BCUT2D eigenvalue weighted by Crippen LogP contribution is -2.42. The first-order valence-electron chi connectivity index (χ1n) is 13.4. The number of hydrogen-bond donors (Lipinski definition) is 0. The van der Waals surface area contributed by atoms with Crippen molar-refractivity contribution < 1.29 is 4.52 Å². The maximum Gasteiger partial charge on any atom is 0.147 e. The predicted molar refractivity (Wildman–Crippen MR) is 146 cm³/mol. The number of allylic oxidation sites excluding steroid dienone is 2. The summed E-state index contributed by atoms with van der Waals surface area (Å²) in [4.78, 5) is 7.05. The molecule has 0 radical (unpaired) electrons. The largest absolute Gasteiger partial charge is 0.371 e. The van der Waals surface area contributed by atoms with Gasteiger partial charge in [-0.15, -0.1) is 0 Å². The van der Waals surface area contributed by atoms with E-state index in [1.165, 1.54) is 70.0 Å². The molecule has 3 heterocycles. The van der Waals surface area contributed by atoms with E-state index in [1.54, 1.807) is 0 Å². The van der Waals surface area contributed by atoms with E-state index < -0.39 is 0 Å². The van der Waals surface area contributed by atoms with Gasteiger partial charge in [0.25, 0.3) is 0 Å². The van der Waals surface area contributed by atoms with E-state index in [9.17, 15) is 0 Å². The topological polar surface area (TPSA) is 42.2 Å². The smallest absolute Gasteiger partial charge is 0.147 e. The average Bonchev–Trinajstić information content (AvgIpc) is 3.62. The zero-order valence-electron chi connectivity index (χ0n) is 21.5. The highest BCUT2D eigenvalue weighted by molar-refractivity contribution is 5.87. The number of piperidine rings is 1. The number of fused-ring (bicyclic) bond motifs is 1. The van der Waals surface area contributed by atoms with Crippen molar-refractivity contribution in [1.29, 1.82) is 0 Å². The molecule has 7 rings (SSSR count). The average molecular weight is 476 g/mol. The molecule has 2 aromatic heterocycles. The van der Waals surface area contributed by atoms with Gasteiger partial charge in [-0.3, -0.25) is 4.98 Å². The Morgan fingerprint density at radius 3 is 2.39 bits per heavy atom. The summed E-state index contributed by atoms with van der Waals surface area (Å²) in [7, 11) is 0. The Labute approximate surface area is 213 Å². The van der Waals surface area contributed by atoms with Crippen molar-refractivity contribution in [2.45, 2.75) is 58.8 Å². The molecule has 4 aromatic rings. The third-order valence-electron chi connectivity index (χ3n) is 8.69. The number of rotatable bonds is 4. The summed E-state index contributed by atoms with van der Waals surface area (Å²) in [5.41, 5.74) is 10.3. The summed E-state index contributed by atoms with van der Waals surface area (Å²) in [6, 6.07) is 15.5. The Morgan fingerprint density at radius 2 is 1.67 bits per heavy atom. The summed E-state index contributed by atoms with van der Waals surface area (Å²) >= 11 is 0. The third-order valence-corrected chi connectivity index (χ3v) is 8.69. The van der Waals surface area contributed by atoms with Gasteiger partial charge in [-0.25, -0.2) is 0 Å². The van der Waals surface area contributed by atoms with Gasteiger partial charge in [0.2, 0.25) is 0 Å². The first-order chi connectivity index (χ1) is 17.5. The fraction of sp³-hybridized carbons (Fsp3) is 0.375. The standard InChI is InChI=1S/C32H33N3O/c1-20-5-4-6-21(2)28(20)30-29(31(36-34-30)23-7-8-23)26-17-32(18-26)11-13-35(14-12-32)27-10-9-24-15-22(3)33-19-25(24)16-27/h4-6,9-10,15-17,19,23H,7-8,11-14,18H2,1-3H3. The Balaban J connectivity index is 1.15. The molecule has 0 unspecified atom stereocenters. The number of pyridine rings is 1. The van der Waals surface area contributed by atoms with Crippen molar-refractivity contribution in [3.8, 4) is 11.3 Å². The Morgan fingerprint density at radius 1 is 0.917 bits per heavy atom. The Bertz CT molecular complexity index is 1500. The van der Waals surface area contributed by atoms with Crippen molar-refractivity contribution in [2.24, 2.45) is 5.41 Å². The summed E-state index contributed by atoms with van der Waals surface area (Å²) in [5, 5.41) is 7.15. The maximum absolute atomic E-state index is 6.03. The molecule has 1 saturated carbocycles. The van der Waals surface area contributed by atoms with Crippen molar-refractivity contribution in [3.05, 3.63) is 82.9 Å². The molecular weight excluding hydrogens is 442 g/mol. The number of nitrogens with zero attached hydrogens (tertiary/aromatic N) is 3. The predicted octanol–water partition coefficient (Wildman–Crippen LogP) is 7.77. The summed E-state index contributed by atoms with van der Waals surface area (Å²) < 4.78 is 6.03. The van der Waals surface area contributed by atoms with Crippen LogP contribution >= 0.6 is 0 Å². The van der Waals surface area contributed by atoms with Crippen LogP contribution in [0.5, 0.6) is 0 Å². The maximum atomic E-state index is 6.03. The second-order valence-corrected chi connectivity index (χ2v) is 11.4. The molecule has 2 fully saturated rings. The van der Waals surface area contributed by atoms with Gasteiger partial charge < -0.3 is 9.42 Å². The van der Waals surface area contributed by atoms with Crippen LogP contribution in [0.25, 0.3) is 27.6 Å². The molecule has 36 heavy (non-hydrogen) atoms. The third kappa shape index (κ3) is 3.57. The molecule has 1 saturated heterocycles. The van der Waals surface area contributed by atoms with Crippen LogP contribution in [0.3, 0.4) is 0 Å². The Hall–Kier alpha value is -3.40. The Kier molecular flexibility index (Phi) is 4.89. The SMILES string of the molecule is Cc1cc2ccc(N3CCC4(C=C(c5c(-c6c(C)cccc6C)noc5C5CC5)C4)CC3)cc2cn1. The van der Waals surface area contributed by atoms with Gasteiger partial charge in [0, 0.05) is 53.1 Å². The van der Waals surface area contributed by atoms with Crippen molar-refractivity contribution in [1.82, 2.24) is 10.1 Å². The van der Waals surface area contributed by atoms with Crippen LogP contribution in [0.4, 0.5) is 5.69 Å². The normalized spacial score (nSPS) is 19.0. The highest BCUT2D eigenvalue weighted by Crippen LogP contribution is 2.56. The van der Waals surface area contributed by atoms with Crippen LogP contribution in [0, 0.1) is 26.2 Å². The zero-order valence-corrected chi connectivity index (χ0v) is 21.5. The molecule has 2 aromatic carbocycles. The van der Waals surface area contributed by atoms with E-state index in [2.05, 4.69) is 84.4 Å². The van der Waals surface area contributed by atoms with Gasteiger partial charge in [0.1, 0.15) is 11.5 Å². The highest BCUT2D eigenvalue weighted by Gasteiger charge is 2.44. The van der Waals surface area contributed by atoms with Crippen LogP contribution in [0.15, 0.2) is 59.3 Å². The number of aryl methyl sites for hydroxylation is 3. The van der Waals surface area contributed by atoms with Crippen molar-refractivity contribution >= 4 is 22.0 Å². The fourth-order valence-electron chi connectivity index (χ4n) is 6.44. The second-order valence-electron chi connectivity index (χ2n) is 11.4. The van der Waals surface area contributed by atoms with Gasteiger partial charge >= 0.3 is 0 Å². The van der Waals surface area contributed by atoms with Crippen molar-refractivity contribution in [2.75, 3.05) is 18.0 Å². The van der Waals surface area contributed by atoms with Crippen LogP contribution in [0.1, 0.15) is 66.2 Å².